The van der Waals surface area contributed by atoms with Crippen LogP contribution < -0.4 is 16.4 Å². The van der Waals surface area contributed by atoms with Gasteiger partial charge in [-0.3, -0.25) is 5.32 Å². The molecule has 1 aliphatic rings. The fourth-order valence-corrected chi connectivity index (χ4v) is 2.95. The highest BCUT2D eigenvalue weighted by atomic mass is 19.1. The monoisotopic (exact) mass is 358 g/mol. The Labute approximate surface area is 152 Å². The van der Waals surface area contributed by atoms with Crippen LogP contribution in [0.5, 0.6) is 0 Å². The summed E-state index contributed by atoms with van der Waals surface area (Å²) in [5, 5.41) is 5.76. The van der Waals surface area contributed by atoms with E-state index in [9.17, 15) is 9.18 Å². The Morgan fingerprint density at radius 1 is 1.15 bits per heavy atom. The first-order valence-electron chi connectivity index (χ1n) is 8.82. The number of halogens is 1. The van der Waals surface area contributed by atoms with Crippen molar-refractivity contribution in [3.05, 3.63) is 47.8 Å². The third-order valence-corrected chi connectivity index (χ3v) is 4.37. The standard InChI is InChI=1S/C19H23FN4O2/c20-14-8-6-13(7-9-14)12-22-17-11-10-16(18(21)24-17)23-19(25)26-15-4-2-1-3-5-15/h6-11,15H,1-5,12H2,(H,23,25)(H3,21,22,24). The lowest BCUT2D eigenvalue weighted by molar-refractivity contribution is 0.0865. The van der Waals surface area contributed by atoms with Crippen LogP contribution in [0, 0.1) is 5.82 Å². The normalized spacial score (nSPS) is 14.7. The molecule has 0 saturated heterocycles. The number of nitrogens with two attached hydrogens (primary N) is 1. The van der Waals surface area contributed by atoms with Gasteiger partial charge in [0.1, 0.15) is 23.6 Å². The average molecular weight is 358 g/mol. The molecule has 138 valence electrons. The Balaban J connectivity index is 1.53. The van der Waals surface area contributed by atoms with Gasteiger partial charge in [-0.05, 0) is 55.5 Å². The molecule has 4 N–H and O–H groups in total. The Morgan fingerprint density at radius 2 is 1.88 bits per heavy atom. The highest BCUT2D eigenvalue weighted by Gasteiger charge is 2.18. The molecule has 1 saturated carbocycles. The van der Waals surface area contributed by atoms with Gasteiger partial charge in [0.25, 0.3) is 0 Å². The molecule has 0 bridgehead atoms. The molecule has 1 aliphatic carbocycles. The second-order valence-electron chi connectivity index (χ2n) is 6.40. The van der Waals surface area contributed by atoms with Gasteiger partial charge >= 0.3 is 6.09 Å². The molecule has 0 spiro atoms. The highest BCUT2D eigenvalue weighted by Crippen LogP contribution is 2.23. The van der Waals surface area contributed by atoms with Gasteiger partial charge in [0.15, 0.2) is 0 Å². The summed E-state index contributed by atoms with van der Waals surface area (Å²) >= 11 is 0. The first-order valence-corrected chi connectivity index (χ1v) is 8.82. The highest BCUT2D eigenvalue weighted by molar-refractivity contribution is 5.88. The van der Waals surface area contributed by atoms with Crippen molar-refractivity contribution in [2.45, 2.75) is 44.8 Å². The first kappa shape index (κ1) is 18.0. The molecule has 1 aromatic carbocycles. The van der Waals surface area contributed by atoms with Gasteiger partial charge in [0.2, 0.25) is 0 Å². The van der Waals surface area contributed by atoms with E-state index < -0.39 is 6.09 Å². The lowest BCUT2D eigenvalue weighted by Crippen LogP contribution is -2.24. The molecule has 0 aliphatic heterocycles. The zero-order valence-corrected chi connectivity index (χ0v) is 14.5. The minimum atomic E-state index is -0.502. The van der Waals surface area contributed by atoms with E-state index in [-0.39, 0.29) is 17.7 Å². The van der Waals surface area contributed by atoms with Crippen molar-refractivity contribution in [1.29, 1.82) is 0 Å². The smallest absolute Gasteiger partial charge is 0.412 e. The van der Waals surface area contributed by atoms with E-state index in [0.29, 0.717) is 18.1 Å². The number of nitrogen functional groups attached to an aromatic ring is 1. The average Bonchev–Trinajstić information content (AvgIpc) is 2.64. The number of anilines is 3. The number of pyridine rings is 1. The second kappa shape index (κ2) is 8.51. The van der Waals surface area contributed by atoms with Gasteiger partial charge in [0.05, 0.1) is 5.69 Å². The summed E-state index contributed by atoms with van der Waals surface area (Å²) in [6.45, 7) is 0.489. The maximum Gasteiger partial charge on any atom is 0.412 e. The zero-order chi connectivity index (χ0) is 18.4. The number of hydrogen-bond acceptors (Lipinski definition) is 5. The molecule has 1 aromatic heterocycles. The number of benzene rings is 1. The maximum absolute atomic E-state index is 12.9. The summed E-state index contributed by atoms with van der Waals surface area (Å²) in [7, 11) is 0. The molecule has 3 rings (SSSR count). The number of amides is 1. The summed E-state index contributed by atoms with van der Waals surface area (Å²) in [6.07, 6.45) is 4.68. The van der Waals surface area contributed by atoms with E-state index in [0.717, 1.165) is 31.2 Å². The molecular formula is C19H23FN4O2. The van der Waals surface area contributed by atoms with Crippen molar-refractivity contribution in [1.82, 2.24) is 4.98 Å². The lowest BCUT2D eigenvalue weighted by atomic mass is 9.98. The van der Waals surface area contributed by atoms with Gasteiger partial charge < -0.3 is 15.8 Å². The van der Waals surface area contributed by atoms with Gasteiger partial charge in [0, 0.05) is 6.54 Å². The molecule has 0 atom stereocenters. The molecule has 0 unspecified atom stereocenters. The predicted octanol–water partition coefficient (Wildman–Crippen LogP) is 4.30. The van der Waals surface area contributed by atoms with Crippen LogP contribution in [-0.4, -0.2) is 17.2 Å². The maximum atomic E-state index is 12.9. The number of aromatic nitrogens is 1. The number of hydrogen-bond donors (Lipinski definition) is 3. The van der Waals surface area contributed by atoms with Crippen LogP contribution in [-0.2, 0) is 11.3 Å². The van der Waals surface area contributed by atoms with E-state index in [1.54, 1.807) is 24.3 Å². The Morgan fingerprint density at radius 3 is 2.58 bits per heavy atom. The van der Waals surface area contributed by atoms with E-state index in [2.05, 4.69) is 15.6 Å². The van der Waals surface area contributed by atoms with Crippen LogP contribution >= 0.6 is 0 Å². The third-order valence-electron chi connectivity index (χ3n) is 4.37. The van der Waals surface area contributed by atoms with Crippen LogP contribution in [0.3, 0.4) is 0 Å². The van der Waals surface area contributed by atoms with Gasteiger partial charge in [-0.15, -0.1) is 0 Å². The minimum Gasteiger partial charge on any atom is -0.446 e. The summed E-state index contributed by atoms with van der Waals surface area (Å²) in [6, 6.07) is 9.60. The lowest BCUT2D eigenvalue weighted by Gasteiger charge is -2.22. The number of ether oxygens (including phenoxy) is 1. The fraction of sp³-hybridized carbons (Fsp3) is 0.368. The van der Waals surface area contributed by atoms with Gasteiger partial charge in [-0.25, -0.2) is 14.2 Å². The van der Waals surface area contributed by atoms with E-state index in [4.69, 9.17) is 10.5 Å². The molecule has 26 heavy (non-hydrogen) atoms. The van der Waals surface area contributed by atoms with E-state index in [1.807, 2.05) is 0 Å². The van der Waals surface area contributed by atoms with Crippen LogP contribution in [0.4, 0.5) is 26.5 Å². The molecule has 2 aromatic rings. The zero-order valence-electron chi connectivity index (χ0n) is 14.5. The second-order valence-corrected chi connectivity index (χ2v) is 6.40. The summed E-state index contributed by atoms with van der Waals surface area (Å²) < 4.78 is 18.3. The molecule has 1 amide bonds. The number of carbonyl (C=O) groups excluding carboxylic acids is 1. The minimum absolute atomic E-state index is 0.0189. The van der Waals surface area contributed by atoms with Crippen LogP contribution in [0.2, 0.25) is 0 Å². The van der Waals surface area contributed by atoms with Crippen molar-refractivity contribution < 1.29 is 13.9 Å². The number of rotatable bonds is 5. The van der Waals surface area contributed by atoms with Crippen LogP contribution in [0.1, 0.15) is 37.7 Å². The number of carbonyl (C=O) groups is 1. The molecule has 1 heterocycles. The van der Waals surface area contributed by atoms with Crippen LogP contribution in [0.25, 0.3) is 0 Å². The quantitative estimate of drug-likeness (QED) is 0.742. The number of nitrogens with one attached hydrogen (secondary N) is 2. The predicted molar refractivity (Wildman–Crippen MR) is 99.4 cm³/mol. The summed E-state index contributed by atoms with van der Waals surface area (Å²) in [5.41, 5.74) is 7.26. The fourth-order valence-electron chi connectivity index (χ4n) is 2.95. The number of nitrogens with zero attached hydrogens (tertiary/aromatic N) is 1. The van der Waals surface area contributed by atoms with Gasteiger partial charge in [-0.2, -0.15) is 0 Å². The van der Waals surface area contributed by atoms with E-state index >= 15 is 0 Å². The first-order chi connectivity index (χ1) is 12.6. The van der Waals surface area contributed by atoms with Crippen molar-refractivity contribution in [2.75, 3.05) is 16.4 Å². The van der Waals surface area contributed by atoms with Crippen molar-refractivity contribution in [2.24, 2.45) is 0 Å². The molecular weight excluding hydrogens is 335 g/mol. The SMILES string of the molecule is Nc1nc(NCc2ccc(F)cc2)ccc1NC(=O)OC1CCCCC1. The largest absolute Gasteiger partial charge is 0.446 e. The molecule has 1 fully saturated rings. The molecule has 7 heteroatoms. The van der Waals surface area contributed by atoms with Crippen molar-refractivity contribution in [3.63, 3.8) is 0 Å². The summed E-state index contributed by atoms with van der Waals surface area (Å²) in [4.78, 5) is 16.2. The van der Waals surface area contributed by atoms with Crippen molar-refractivity contribution in [3.8, 4) is 0 Å². The van der Waals surface area contributed by atoms with E-state index in [1.165, 1.54) is 18.6 Å². The summed E-state index contributed by atoms with van der Waals surface area (Å²) in [5.74, 6) is 0.499. The third kappa shape index (κ3) is 5.08. The van der Waals surface area contributed by atoms with Crippen molar-refractivity contribution >= 4 is 23.4 Å². The molecule has 0 radical (unpaired) electrons. The van der Waals surface area contributed by atoms with Crippen LogP contribution in [0.15, 0.2) is 36.4 Å². The topological polar surface area (TPSA) is 89.3 Å². The Bertz CT molecular complexity index is 746. The molecule has 6 nitrogen and oxygen atoms in total. The Kier molecular flexibility index (Phi) is 5.88. The Hall–Kier alpha value is -2.83. The van der Waals surface area contributed by atoms with Gasteiger partial charge in [-0.1, -0.05) is 18.6 Å².